The molecule has 4 aliphatic rings. The summed E-state index contributed by atoms with van der Waals surface area (Å²) in [6, 6.07) is 0. The lowest BCUT2D eigenvalue weighted by atomic mass is 9.50. The largest absolute Gasteiger partial charge is 0.460 e. The summed E-state index contributed by atoms with van der Waals surface area (Å²) in [6.45, 7) is 3.38. The highest BCUT2D eigenvalue weighted by Gasteiger charge is 2.51. The Hall–Kier alpha value is -0.860. The number of hydrogen-bond donors (Lipinski definition) is 0. The zero-order valence-corrected chi connectivity index (χ0v) is 10.1. The Kier molecular flexibility index (Phi) is 2.53. The first-order valence-corrected chi connectivity index (χ1v) is 6.58. The highest BCUT2D eigenvalue weighted by Crippen LogP contribution is 2.60. The zero-order chi connectivity index (χ0) is 12.0. The molecule has 4 saturated carbocycles. The molecule has 0 spiro atoms. The third-order valence-electron chi connectivity index (χ3n) is 4.90. The van der Waals surface area contributed by atoms with E-state index in [0.717, 1.165) is 17.8 Å². The van der Waals surface area contributed by atoms with Crippen LogP contribution in [-0.2, 0) is 9.53 Å². The van der Waals surface area contributed by atoms with Crippen molar-refractivity contribution >= 4 is 5.97 Å². The number of ether oxygens (including phenoxy) is 1. The van der Waals surface area contributed by atoms with E-state index in [0.29, 0.717) is 6.61 Å². The zero-order valence-electron chi connectivity index (χ0n) is 10.1. The molecule has 0 radical (unpaired) electrons. The topological polar surface area (TPSA) is 26.3 Å². The van der Waals surface area contributed by atoms with Crippen molar-refractivity contribution in [3.05, 3.63) is 12.4 Å². The molecule has 0 heterocycles. The average molecular weight is 238 g/mol. The molecule has 0 saturated heterocycles. The normalized spacial score (nSPS) is 42.5. The van der Waals surface area contributed by atoms with E-state index in [-0.39, 0.29) is 5.41 Å². The maximum Gasteiger partial charge on any atom is 0.366 e. The van der Waals surface area contributed by atoms with Gasteiger partial charge in [0.15, 0.2) is 0 Å². The maximum atomic E-state index is 12.6. The van der Waals surface area contributed by atoms with E-state index in [9.17, 15) is 9.18 Å². The third kappa shape index (κ3) is 2.00. The summed E-state index contributed by atoms with van der Waals surface area (Å²) in [5, 5.41) is 0. The fourth-order valence-electron chi connectivity index (χ4n) is 4.76. The molecule has 3 heteroatoms. The van der Waals surface area contributed by atoms with Crippen molar-refractivity contribution in [2.75, 3.05) is 6.61 Å². The maximum absolute atomic E-state index is 12.6. The van der Waals surface area contributed by atoms with Crippen molar-refractivity contribution in [1.82, 2.24) is 0 Å². The minimum atomic E-state index is -0.977. The second kappa shape index (κ2) is 3.82. The second-order valence-electron chi connectivity index (χ2n) is 6.40. The number of esters is 1. The fourth-order valence-corrected chi connectivity index (χ4v) is 4.76. The van der Waals surface area contributed by atoms with Gasteiger partial charge in [0.25, 0.3) is 0 Å². The first kappa shape index (κ1) is 11.2. The van der Waals surface area contributed by atoms with Crippen LogP contribution in [0.25, 0.3) is 0 Å². The first-order valence-electron chi connectivity index (χ1n) is 6.58. The van der Waals surface area contributed by atoms with Crippen LogP contribution in [0.5, 0.6) is 0 Å². The second-order valence-corrected chi connectivity index (χ2v) is 6.40. The van der Waals surface area contributed by atoms with Gasteiger partial charge >= 0.3 is 5.97 Å². The molecule has 0 aromatic heterocycles. The number of rotatable bonds is 3. The number of halogens is 1. The number of carbonyl (C=O) groups is 1. The van der Waals surface area contributed by atoms with Crippen LogP contribution in [-0.4, -0.2) is 12.6 Å². The molecule has 4 bridgehead atoms. The van der Waals surface area contributed by atoms with Crippen molar-refractivity contribution in [3.8, 4) is 0 Å². The summed E-state index contributed by atoms with van der Waals surface area (Å²) >= 11 is 0. The predicted octanol–water partition coefficient (Wildman–Crippen LogP) is 3.23. The van der Waals surface area contributed by atoms with E-state index in [4.69, 9.17) is 4.74 Å². The Morgan fingerprint density at radius 1 is 1.18 bits per heavy atom. The van der Waals surface area contributed by atoms with Gasteiger partial charge in [-0.05, 0) is 56.3 Å². The smallest absolute Gasteiger partial charge is 0.366 e. The van der Waals surface area contributed by atoms with Crippen molar-refractivity contribution < 1.29 is 13.9 Å². The SMILES string of the molecule is C=C(F)C(=O)OCC12CC3CC(CC(C3)C1)C2. The van der Waals surface area contributed by atoms with Crippen LogP contribution in [0.15, 0.2) is 12.4 Å². The molecule has 2 nitrogen and oxygen atoms in total. The highest BCUT2D eigenvalue weighted by atomic mass is 19.1. The summed E-state index contributed by atoms with van der Waals surface area (Å²) in [5.74, 6) is 0.631. The minimum Gasteiger partial charge on any atom is -0.460 e. The molecule has 0 aliphatic heterocycles. The molecule has 0 aromatic rings. The van der Waals surface area contributed by atoms with Crippen molar-refractivity contribution in [2.45, 2.75) is 38.5 Å². The van der Waals surface area contributed by atoms with E-state index in [1.54, 1.807) is 0 Å². The van der Waals surface area contributed by atoms with Gasteiger partial charge in [-0.2, -0.15) is 4.39 Å². The summed E-state index contributed by atoms with van der Waals surface area (Å²) in [7, 11) is 0. The molecular formula is C14H19FO2. The molecule has 0 unspecified atom stereocenters. The van der Waals surface area contributed by atoms with E-state index < -0.39 is 11.8 Å². The standard InChI is InChI=1S/C14H19FO2/c1-9(15)13(16)17-8-14-5-10-2-11(6-14)4-12(3-10)7-14/h10-12H,1-8H2. The van der Waals surface area contributed by atoms with Gasteiger partial charge in [-0.25, -0.2) is 4.79 Å². The van der Waals surface area contributed by atoms with Crippen LogP contribution in [0.3, 0.4) is 0 Å². The molecule has 0 aromatic carbocycles. The van der Waals surface area contributed by atoms with Gasteiger partial charge in [-0.3, -0.25) is 0 Å². The molecule has 0 atom stereocenters. The molecule has 4 aliphatic carbocycles. The molecular weight excluding hydrogens is 219 g/mol. The number of carbonyl (C=O) groups excluding carboxylic acids is 1. The fraction of sp³-hybridized carbons (Fsp3) is 0.786. The summed E-state index contributed by atoms with van der Waals surface area (Å²) in [4.78, 5) is 11.1. The molecule has 0 amide bonds. The van der Waals surface area contributed by atoms with Crippen LogP contribution in [0, 0.1) is 23.2 Å². The van der Waals surface area contributed by atoms with Crippen LogP contribution in [0.4, 0.5) is 4.39 Å². The van der Waals surface area contributed by atoms with Crippen molar-refractivity contribution in [3.63, 3.8) is 0 Å². The molecule has 4 rings (SSSR count). The predicted molar refractivity (Wildman–Crippen MR) is 61.8 cm³/mol. The minimum absolute atomic E-state index is 0.167. The van der Waals surface area contributed by atoms with Crippen LogP contribution < -0.4 is 0 Å². The Morgan fingerprint density at radius 2 is 1.65 bits per heavy atom. The van der Waals surface area contributed by atoms with Crippen molar-refractivity contribution in [1.29, 1.82) is 0 Å². The van der Waals surface area contributed by atoms with E-state index in [2.05, 4.69) is 6.58 Å². The quantitative estimate of drug-likeness (QED) is 0.557. The lowest BCUT2D eigenvalue weighted by Crippen LogP contribution is -2.48. The van der Waals surface area contributed by atoms with Gasteiger partial charge in [-0.15, -0.1) is 0 Å². The van der Waals surface area contributed by atoms with Gasteiger partial charge in [0.2, 0.25) is 5.83 Å². The molecule has 4 fully saturated rings. The average Bonchev–Trinajstić information content (AvgIpc) is 2.24. The summed E-state index contributed by atoms with van der Waals surface area (Å²) < 4.78 is 17.7. The van der Waals surface area contributed by atoms with Crippen molar-refractivity contribution in [2.24, 2.45) is 23.2 Å². The summed E-state index contributed by atoms with van der Waals surface area (Å²) in [5.41, 5.74) is 0.167. The van der Waals surface area contributed by atoms with Crippen LogP contribution in [0.1, 0.15) is 38.5 Å². The third-order valence-corrected chi connectivity index (χ3v) is 4.90. The van der Waals surface area contributed by atoms with Crippen LogP contribution >= 0.6 is 0 Å². The van der Waals surface area contributed by atoms with Gasteiger partial charge in [0, 0.05) is 5.41 Å². The van der Waals surface area contributed by atoms with Crippen LogP contribution in [0.2, 0.25) is 0 Å². The van der Waals surface area contributed by atoms with Gasteiger partial charge < -0.3 is 4.74 Å². The summed E-state index contributed by atoms with van der Waals surface area (Å²) in [6.07, 6.45) is 7.61. The molecule has 0 N–H and O–H groups in total. The highest BCUT2D eigenvalue weighted by molar-refractivity contribution is 5.85. The Bertz CT molecular complexity index is 326. The number of hydrogen-bond acceptors (Lipinski definition) is 2. The van der Waals surface area contributed by atoms with Gasteiger partial charge in [0.05, 0.1) is 6.61 Å². The lowest BCUT2D eigenvalue weighted by Gasteiger charge is -2.56. The van der Waals surface area contributed by atoms with E-state index in [1.807, 2.05) is 0 Å². The monoisotopic (exact) mass is 238 g/mol. The Balaban J connectivity index is 1.66. The molecule has 94 valence electrons. The lowest BCUT2D eigenvalue weighted by molar-refractivity contribution is -0.152. The van der Waals surface area contributed by atoms with E-state index in [1.165, 1.54) is 38.5 Å². The van der Waals surface area contributed by atoms with Gasteiger partial charge in [-0.1, -0.05) is 6.58 Å². The molecule has 17 heavy (non-hydrogen) atoms. The Labute approximate surface area is 101 Å². The Morgan fingerprint density at radius 3 is 2.06 bits per heavy atom. The first-order chi connectivity index (χ1) is 8.06. The van der Waals surface area contributed by atoms with E-state index >= 15 is 0 Å². The van der Waals surface area contributed by atoms with Gasteiger partial charge in [0.1, 0.15) is 0 Å².